The van der Waals surface area contributed by atoms with Gasteiger partial charge >= 0.3 is 0 Å². The van der Waals surface area contributed by atoms with Crippen molar-refractivity contribution in [3.05, 3.63) is 323 Å². The first-order valence-electron chi connectivity index (χ1n) is 50.0. The molecule has 2 nitrogen and oxygen atoms in total. The first kappa shape index (κ1) is 87.7. The monoisotopic (exact) mass is 1640 g/mol. The molecule has 642 valence electrons. The molecule has 0 radical (unpaired) electrons. The van der Waals surface area contributed by atoms with Crippen molar-refractivity contribution in [1.82, 2.24) is 0 Å². The largest absolute Gasteiger partial charge is 0.310 e. The van der Waals surface area contributed by atoms with E-state index in [0.29, 0.717) is 0 Å². The van der Waals surface area contributed by atoms with Crippen molar-refractivity contribution < 1.29 is 0 Å². The lowest BCUT2D eigenvalue weighted by Crippen LogP contribution is -2.26. The summed E-state index contributed by atoms with van der Waals surface area (Å²) in [7, 11) is 0. The summed E-state index contributed by atoms with van der Waals surface area (Å²) in [6.45, 7) is 23.8. The van der Waals surface area contributed by atoms with Crippen LogP contribution >= 0.6 is 0 Å². The molecule has 0 N–H and O–H groups in total. The van der Waals surface area contributed by atoms with Gasteiger partial charge in [-0.05, 0) is 236 Å². The maximum absolute atomic E-state index is 2.70. The Bertz CT molecular complexity index is 5390. The van der Waals surface area contributed by atoms with E-state index < -0.39 is 0 Å². The molecule has 16 rings (SSSR count). The number of unbranched alkanes of at least 4 members (excludes halogenated alkanes) is 17. The van der Waals surface area contributed by atoms with Crippen LogP contribution in [0, 0.1) is 0 Å². The molecule has 0 amide bonds. The first-order valence-corrected chi connectivity index (χ1v) is 50.0. The standard InChI is InChI=1S/C122H144N2/c1-11-21-29-49-85-122(84-48-28-18-8)111-59-39-33-55-103(111)107-77-73-97(89-115(107)122)124(96-72-76-106-102-54-32-38-58-110(102)121(114(106)88-96,82-46-26-16-6)83-47-27-17-7)117-61-41-35-51-99(117)91-64-68-93(69-65-91)118(19-9,20-10)92-66-62-90(63-67-92)98-50-34-40-60-116(98)123(94-70-74-104-100-52-30-36-56-108(100)119(112(104)86-94,78-42-22-12-2)79-43-23-13-3)95-71-75-105-101-53-31-37-57-109(101)120(113(105)87-95,80-44-24-14-4)81-45-25-15-5/h30-41,50-77,86-89H,11-29,42-49,78-85H2,1-10H3. The van der Waals surface area contributed by atoms with Crippen LogP contribution in [0.25, 0.3) is 66.8 Å². The van der Waals surface area contributed by atoms with Gasteiger partial charge in [0.2, 0.25) is 0 Å². The van der Waals surface area contributed by atoms with E-state index in [1.165, 1.54) is 346 Å². The van der Waals surface area contributed by atoms with E-state index in [2.05, 4.69) is 346 Å². The van der Waals surface area contributed by atoms with Gasteiger partial charge < -0.3 is 9.80 Å². The molecule has 1 atom stereocenters. The molecule has 4 aliphatic rings. The number of hydrogen-bond donors (Lipinski definition) is 0. The zero-order chi connectivity index (χ0) is 85.7. The van der Waals surface area contributed by atoms with Crippen molar-refractivity contribution in [2.45, 2.75) is 321 Å². The summed E-state index contributed by atoms with van der Waals surface area (Å²) in [5.74, 6) is 0. The van der Waals surface area contributed by atoms with E-state index >= 15 is 0 Å². The fraction of sp³-hybridized carbons (Fsp3) is 0.410. The molecule has 4 aliphatic carbocycles. The maximum Gasteiger partial charge on any atom is 0.0540 e. The molecular weight excluding hydrogens is 1490 g/mol. The smallest absolute Gasteiger partial charge is 0.0540 e. The molecule has 0 saturated heterocycles. The van der Waals surface area contributed by atoms with Gasteiger partial charge in [-0.25, -0.2) is 0 Å². The van der Waals surface area contributed by atoms with Crippen molar-refractivity contribution in [1.29, 1.82) is 0 Å². The molecular formula is C122H144N2. The van der Waals surface area contributed by atoms with Crippen LogP contribution in [-0.2, 0) is 27.1 Å². The van der Waals surface area contributed by atoms with Crippen molar-refractivity contribution in [2.75, 3.05) is 9.80 Å². The lowest BCUT2D eigenvalue weighted by Gasteiger charge is -2.36. The Balaban J connectivity index is 0.805. The molecule has 12 aromatic carbocycles. The molecule has 2 heteroatoms. The summed E-state index contributed by atoms with van der Waals surface area (Å²) in [5.41, 5.74) is 38.3. The van der Waals surface area contributed by atoms with E-state index in [9.17, 15) is 0 Å². The number of rotatable bonds is 45. The Morgan fingerprint density at radius 2 is 0.403 bits per heavy atom. The third-order valence-electron chi connectivity index (χ3n) is 30.9. The minimum atomic E-state index is -0.232. The highest BCUT2D eigenvalue weighted by Gasteiger charge is 2.48. The Morgan fingerprint density at radius 3 is 0.645 bits per heavy atom. The van der Waals surface area contributed by atoms with Crippen molar-refractivity contribution in [3.63, 3.8) is 0 Å². The van der Waals surface area contributed by atoms with Crippen LogP contribution in [0.5, 0.6) is 0 Å². The molecule has 0 fully saturated rings. The molecule has 0 saturated carbocycles. The second-order valence-corrected chi connectivity index (χ2v) is 38.1. The third kappa shape index (κ3) is 16.4. The van der Waals surface area contributed by atoms with Crippen molar-refractivity contribution in [3.8, 4) is 66.8 Å². The lowest BCUT2D eigenvalue weighted by molar-refractivity contribution is 0.403. The summed E-state index contributed by atoms with van der Waals surface area (Å²) in [6, 6.07) is 108. The third-order valence-corrected chi connectivity index (χ3v) is 30.9. The topological polar surface area (TPSA) is 6.48 Å². The van der Waals surface area contributed by atoms with Crippen molar-refractivity contribution >= 4 is 34.1 Å². The number of nitrogens with zero attached hydrogens (tertiary/aromatic N) is 2. The normalized spacial score (nSPS) is 15.1. The zero-order valence-electron chi connectivity index (χ0n) is 77.5. The Morgan fingerprint density at radius 1 is 0.194 bits per heavy atom. The van der Waals surface area contributed by atoms with E-state index in [4.69, 9.17) is 0 Å². The molecule has 0 spiro atoms. The van der Waals surface area contributed by atoms with Crippen LogP contribution in [0.3, 0.4) is 0 Å². The van der Waals surface area contributed by atoms with Gasteiger partial charge in [-0.15, -0.1) is 0 Å². The minimum absolute atomic E-state index is 0.0591. The molecule has 124 heavy (non-hydrogen) atoms. The summed E-state index contributed by atoms with van der Waals surface area (Å²) in [5, 5.41) is 0. The molecule has 0 bridgehead atoms. The fourth-order valence-corrected chi connectivity index (χ4v) is 24.4. The summed E-state index contributed by atoms with van der Waals surface area (Å²) < 4.78 is 0. The van der Waals surface area contributed by atoms with Crippen LogP contribution in [0.1, 0.15) is 350 Å². The summed E-state index contributed by atoms with van der Waals surface area (Å²) in [4.78, 5) is 5.40. The van der Waals surface area contributed by atoms with Gasteiger partial charge in [0.15, 0.2) is 0 Å². The maximum atomic E-state index is 2.70. The van der Waals surface area contributed by atoms with Gasteiger partial charge in [0.1, 0.15) is 0 Å². The number of para-hydroxylation sites is 2. The van der Waals surface area contributed by atoms with Crippen molar-refractivity contribution in [2.24, 2.45) is 0 Å². The average molecular weight is 1640 g/mol. The molecule has 1 unspecified atom stereocenters. The fourth-order valence-electron chi connectivity index (χ4n) is 24.4. The minimum Gasteiger partial charge on any atom is -0.310 e. The number of hydrogen-bond acceptors (Lipinski definition) is 2. The van der Waals surface area contributed by atoms with Crippen LogP contribution < -0.4 is 9.80 Å². The van der Waals surface area contributed by atoms with E-state index in [0.717, 1.165) is 12.8 Å². The van der Waals surface area contributed by atoms with Gasteiger partial charge in [-0.3, -0.25) is 0 Å². The van der Waals surface area contributed by atoms with Gasteiger partial charge in [0.25, 0.3) is 0 Å². The highest BCUT2D eigenvalue weighted by atomic mass is 15.2. The highest BCUT2D eigenvalue weighted by Crippen LogP contribution is 2.62. The summed E-state index contributed by atoms with van der Waals surface area (Å²) in [6.07, 6.45) is 42.1. The summed E-state index contributed by atoms with van der Waals surface area (Å²) >= 11 is 0. The number of anilines is 6. The van der Waals surface area contributed by atoms with Crippen LogP contribution in [0.2, 0.25) is 0 Å². The first-order chi connectivity index (χ1) is 61.0. The van der Waals surface area contributed by atoms with E-state index in [-0.39, 0.29) is 27.1 Å². The molecule has 12 aromatic rings. The Kier molecular flexibility index (Phi) is 28.2. The average Bonchev–Trinajstić information content (AvgIpc) is 1.57. The van der Waals surface area contributed by atoms with Gasteiger partial charge in [-0.1, -0.05) is 436 Å². The van der Waals surface area contributed by atoms with Crippen LogP contribution in [-0.4, -0.2) is 0 Å². The van der Waals surface area contributed by atoms with Gasteiger partial charge in [0, 0.05) is 61.0 Å². The predicted octanol–water partition coefficient (Wildman–Crippen LogP) is 37.2. The van der Waals surface area contributed by atoms with E-state index in [1.54, 1.807) is 22.3 Å². The second kappa shape index (κ2) is 39.8. The number of benzene rings is 12. The quantitative estimate of drug-likeness (QED) is 0.0351. The molecule has 0 heterocycles. The lowest BCUT2D eigenvalue weighted by atomic mass is 9.70. The van der Waals surface area contributed by atoms with Crippen LogP contribution in [0.15, 0.2) is 267 Å². The Labute approximate surface area is 749 Å². The second-order valence-electron chi connectivity index (χ2n) is 38.1. The predicted molar refractivity (Wildman–Crippen MR) is 537 cm³/mol. The highest BCUT2D eigenvalue weighted by molar-refractivity contribution is 5.96. The van der Waals surface area contributed by atoms with Gasteiger partial charge in [0.05, 0.1) is 11.4 Å². The zero-order valence-corrected chi connectivity index (χ0v) is 77.5. The van der Waals surface area contributed by atoms with Gasteiger partial charge in [-0.2, -0.15) is 0 Å². The van der Waals surface area contributed by atoms with Crippen LogP contribution in [0.4, 0.5) is 34.1 Å². The molecule has 0 aliphatic heterocycles. The molecule has 0 aromatic heterocycles. The number of fused-ring (bicyclic) bond motifs is 12. The van der Waals surface area contributed by atoms with E-state index in [1.807, 2.05) is 0 Å². The SMILES string of the molecule is CCCCCCC1(CCCCC)c2ccccc2-c2ccc(N(c3ccc4c(c3)C(CCCCC)(CCCCC)c3ccccc3-4)c3ccccc3-c3ccc(C(CC)(CC)c4ccc(-c5ccccc5N(c5ccc6c(c5)C(CCCCC)(CCCCC)c5ccccc5-6)c5ccc6c(c5)C(CCCCC)(CCCCC)c5ccccc5-6)cc4)cc3)cc21. The Hall–Kier alpha value is -9.76.